The molecule has 5 heteroatoms. The van der Waals surface area contributed by atoms with Gasteiger partial charge in [-0.05, 0) is 31.4 Å². The van der Waals surface area contributed by atoms with Gasteiger partial charge in [0, 0.05) is 0 Å². The van der Waals surface area contributed by atoms with Crippen molar-refractivity contribution in [2.75, 3.05) is 13.4 Å². The molecule has 0 aromatic carbocycles. The van der Waals surface area contributed by atoms with E-state index in [2.05, 4.69) is 0 Å². The first kappa shape index (κ1) is 14.4. The molecule has 0 radical (unpaired) electrons. The topological polar surface area (TPSA) is 48.7 Å². The van der Waals surface area contributed by atoms with Crippen molar-refractivity contribution in [2.45, 2.75) is 13.5 Å². The number of ether oxygens (including phenoxy) is 2. The van der Waals surface area contributed by atoms with Gasteiger partial charge in [-0.2, -0.15) is 0 Å². The molecule has 0 saturated carbocycles. The van der Waals surface area contributed by atoms with Gasteiger partial charge in [-0.15, -0.1) is 11.8 Å². The fourth-order valence-electron chi connectivity index (χ4n) is 1.26. The molecule has 0 amide bonds. The lowest BCUT2D eigenvalue weighted by Gasteiger charge is -2.10. The van der Waals surface area contributed by atoms with E-state index in [0.717, 1.165) is 0 Å². The number of hydrogen-bond acceptors (Lipinski definition) is 5. The van der Waals surface area contributed by atoms with Crippen LogP contribution in [0.3, 0.4) is 0 Å². The zero-order valence-electron chi connectivity index (χ0n) is 10.6. The highest BCUT2D eigenvalue weighted by Crippen LogP contribution is 2.21. The van der Waals surface area contributed by atoms with Gasteiger partial charge >= 0.3 is 5.97 Å². The van der Waals surface area contributed by atoms with Crippen molar-refractivity contribution in [3.63, 3.8) is 0 Å². The van der Waals surface area contributed by atoms with E-state index in [0.29, 0.717) is 16.4 Å². The minimum absolute atomic E-state index is 0.272. The van der Waals surface area contributed by atoms with Crippen molar-refractivity contribution >= 4 is 17.7 Å². The molecule has 18 heavy (non-hydrogen) atoms. The summed E-state index contributed by atoms with van der Waals surface area (Å²) in [4.78, 5) is 12.0. The van der Waals surface area contributed by atoms with Gasteiger partial charge in [0.1, 0.15) is 23.0 Å². The number of carbonyl (C=O) groups is 1. The van der Waals surface area contributed by atoms with E-state index in [1.54, 1.807) is 30.7 Å². The second-order valence-electron chi connectivity index (χ2n) is 3.26. The highest BCUT2D eigenvalue weighted by atomic mass is 32.2. The lowest BCUT2D eigenvalue weighted by molar-refractivity contribution is -0.135. The van der Waals surface area contributed by atoms with Gasteiger partial charge in [-0.25, -0.2) is 4.79 Å². The Morgan fingerprint density at radius 1 is 1.56 bits per heavy atom. The molecule has 4 nitrogen and oxygen atoms in total. The van der Waals surface area contributed by atoms with Gasteiger partial charge < -0.3 is 13.9 Å². The minimum atomic E-state index is -0.407. The van der Waals surface area contributed by atoms with E-state index in [4.69, 9.17) is 13.9 Å². The number of allylic oxidation sites excluding steroid dienone is 2. The van der Waals surface area contributed by atoms with Crippen molar-refractivity contribution in [3.05, 3.63) is 47.0 Å². The van der Waals surface area contributed by atoms with Gasteiger partial charge in [0.05, 0.1) is 13.4 Å². The Hall–Kier alpha value is -1.62. The number of methoxy groups -OCH3 is 1. The van der Waals surface area contributed by atoms with Crippen molar-refractivity contribution in [1.82, 2.24) is 0 Å². The normalized spacial score (nSPS) is 12.4. The first-order chi connectivity index (χ1) is 8.72. The minimum Gasteiger partial charge on any atom is -0.484 e. The van der Waals surface area contributed by atoms with E-state index >= 15 is 0 Å². The molecule has 0 fully saturated rings. The Morgan fingerprint density at radius 3 is 2.83 bits per heavy atom. The lowest BCUT2D eigenvalue weighted by atomic mass is 10.4. The van der Waals surface area contributed by atoms with Crippen LogP contribution in [-0.4, -0.2) is 19.3 Å². The molecule has 0 spiro atoms. The van der Waals surface area contributed by atoms with E-state index in [-0.39, 0.29) is 6.61 Å². The zero-order valence-corrected chi connectivity index (χ0v) is 11.5. The predicted molar refractivity (Wildman–Crippen MR) is 70.9 cm³/mol. The highest BCUT2D eigenvalue weighted by Gasteiger charge is 2.15. The second kappa shape index (κ2) is 7.66. The first-order valence-electron chi connectivity index (χ1n) is 5.37. The monoisotopic (exact) mass is 268 g/mol. The molecule has 0 N–H and O–H groups in total. The Bertz CT molecular complexity index is 432. The molecule has 0 unspecified atom stereocenters. The van der Waals surface area contributed by atoms with Crippen LogP contribution in [0.5, 0.6) is 0 Å². The van der Waals surface area contributed by atoms with Crippen molar-refractivity contribution < 1.29 is 18.7 Å². The Labute approximate surface area is 111 Å². The van der Waals surface area contributed by atoms with Crippen molar-refractivity contribution in [3.8, 4) is 0 Å². The Balaban J connectivity index is 2.85. The summed E-state index contributed by atoms with van der Waals surface area (Å²) in [5, 5.41) is 0. The first-order valence-corrected chi connectivity index (χ1v) is 6.59. The molecule has 1 aromatic heterocycles. The maximum atomic E-state index is 11.6. The van der Waals surface area contributed by atoms with Gasteiger partial charge in [0.25, 0.3) is 0 Å². The molecular formula is C13H16O4S. The smallest absolute Gasteiger partial charge is 0.348 e. The van der Waals surface area contributed by atoms with E-state index in [9.17, 15) is 4.79 Å². The van der Waals surface area contributed by atoms with Gasteiger partial charge in [-0.1, -0.05) is 6.08 Å². The summed E-state index contributed by atoms with van der Waals surface area (Å²) in [5.74, 6) is 0.769. The number of furan rings is 1. The Kier molecular flexibility index (Phi) is 6.14. The molecule has 0 bridgehead atoms. The number of esters is 1. The number of hydrogen-bond donors (Lipinski definition) is 0. The Morgan fingerprint density at radius 2 is 2.33 bits per heavy atom. The molecule has 0 aliphatic heterocycles. The van der Waals surface area contributed by atoms with E-state index in [1.165, 1.54) is 18.9 Å². The van der Waals surface area contributed by atoms with Gasteiger partial charge in [-0.3, -0.25) is 0 Å². The quantitative estimate of drug-likeness (QED) is 0.343. The maximum absolute atomic E-state index is 11.6. The third kappa shape index (κ3) is 4.00. The molecule has 0 aliphatic carbocycles. The maximum Gasteiger partial charge on any atom is 0.348 e. The summed E-state index contributed by atoms with van der Waals surface area (Å²) in [5.41, 5.74) is 0. The lowest BCUT2D eigenvalue weighted by Crippen LogP contribution is -2.06. The standard InChI is InChI=1S/C13H16O4S/c1-4-6-11(12(18-3)13(14)15-2)17-9-10-7-5-8-16-10/h4-8H,9H2,1-3H3/b6-4+,12-11+. The molecular weight excluding hydrogens is 252 g/mol. The van der Waals surface area contributed by atoms with Crippen LogP contribution in [0, 0.1) is 0 Å². The molecule has 1 aromatic rings. The van der Waals surface area contributed by atoms with Crippen LogP contribution in [-0.2, 0) is 20.9 Å². The van der Waals surface area contributed by atoms with Crippen molar-refractivity contribution in [1.29, 1.82) is 0 Å². The number of rotatable bonds is 6. The summed E-state index contributed by atoms with van der Waals surface area (Å²) in [6, 6.07) is 3.59. The fraction of sp³-hybridized carbons (Fsp3) is 0.308. The fourth-order valence-corrected chi connectivity index (χ4v) is 1.84. The second-order valence-corrected chi connectivity index (χ2v) is 4.07. The predicted octanol–water partition coefficient (Wildman–Crippen LogP) is 3.12. The van der Waals surface area contributed by atoms with Crippen molar-refractivity contribution in [2.24, 2.45) is 0 Å². The molecule has 98 valence electrons. The summed E-state index contributed by atoms with van der Waals surface area (Å²) in [7, 11) is 1.35. The summed E-state index contributed by atoms with van der Waals surface area (Å²) in [6.45, 7) is 2.12. The highest BCUT2D eigenvalue weighted by molar-refractivity contribution is 8.03. The molecule has 0 saturated heterocycles. The summed E-state index contributed by atoms with van der Waals surface area (Å²) < 4.78 is 15.5. The average molecular weight is 268 g/mol. The average Bonchev–Trinajstić information content (AvgIpc) is 2.89. The summed E-state index contributed by atoms with van der Waals surface area (Å²) >= 11 is 1.29. The summed E-state index contributed by atoms with van der Waals surface area (Å²) in [6.07, 6.45) is 6.90. The van der Waals surface area contributed by atoms with Gasteiger partial charge in [0.15, 0.2) is 0 Å². The third-order valence-electron chi connectivity index (χ3n) is 2.07. The van der Waals surface area contributed by atoms with E-state index in [1.807, 2.05) is 13.0 Å². The van der Waals surface area contributed by atoms with Crippen LogP contribution in [0.1, 0.15) is 12.7 Å². The number of thioether (sulfide) groups is 1. The zero-order chi connectivity index (χ0) is 13.4. The van der Waals surface area contributed by atoms with Crippen LogP contribution in [0.15, 0.2) is 45.6 Å². The molecule has 1 rings (SSSR count). The van der Waals surface area contributed by atoms with Crippen LogP contribution < -0.4 is 0 Å². The van der Waals surface area contributed by atoms with E-state index < -0.39 is 5.97 Å². The molecule has 0 aliphatic rings. The third-order valence-corrected chi connectivity index (χ3v) is 2.84. The van der Waals surface area contributed by atoms with Crippen LogP contribution in [0.25, 0.3) is 0 Å². The van der Waals surface area contributed by atoms with Crippen LogP contribution in [0.2, 0.25) is 0 Å². The number of carbonyl (C=O) groups excluding carboxylic acids is 1. The van der Waals surface area contributed by atoms with Crippen LogP contribution in [0.4, 0.5) is 0 Å². The molecule has 0 atom stereocenters. The SMILES string of the molecule is C/C=C/C(OCc1ccco1)=C(\SC)C(=O)OC. The molecule has 1 heterocycles. The van der Waals surface area contributed by atoms with Crippen LogP contribution >= 0.6 is 11.8 Å². The van der Waals surface area contributed by atoms with Gasteiger partial charge in [0.2, 0.25) is 0 Å². The largest absolute Gasteiger partial charge is 0.484 e.